The Balaban J connectivity index is 1.08. The number of nitrogens with zero attached hydrogens (tertiary/aromatic N) is 6. The van der Waals surface area contributed by atoms with Gasteiger partial charge in [0.25, 0.3) is 0 Å². The fourth-order valence-corrected chi connectivity index (χ4v) is 6.20. The molecule has 5 heterocycles. The highest BCUT2D eigenvalue weighted by Crippen LogP contribution is 2.31. The molecule has 3 aliphatic rings. The second kappa shape index (κ2) is 11.8. The third kappa shape index (κ3) is 5.45. The summed E-state index contributed by atoms with van der Waals surface area (Å²) in [4.78, 5) is 26.0. The van der Waals surface area contributed by atoms with Crippen molar-refractivity contribution in [3.63, 3.8) is 0 Å². The number of rotatable bonds is 9. The molecule has 0 spiro atoms. The largest absolute Gasteiger partial charge is 0.478 e. The molecular formula is C32H31FN6O5. The van der Waals surface area contributed by atoms with E-state index in [4.69, 9.17) is 29.4 Å². The SMILES string of the molecule is N#Cc1ccc(COc2cccc(N3CCN(Cc4nc5ccc(C(=O)O)cc5n4C[C@@H]4CCO4)C4COCC43)n2)c(F)c1. The summed E-state index contributed by atoms with van der Waals surface area (Å²) in [5.74, 6) is 0.571. The van der Waals surface area contributed by atoms with Crippen LogP contribution >= 0.6 is 0 Å². The van der Waals surface area contributed by atoms with Crippen LogP contribution in [-0.4, -0.2) is 81.6 Å². The van der Waals surface area contributed by atoms with Crippen LogP contribution in [0.1, 0.15) is 33.7 Å². The van der Waals surface area contributed by atoms with Crippen molar-refractivity contribution < 1.29 is 28.5 Å². The van der Waals surface area contributed by atoms with E-state index >= 15 is 0 Å². The van der Waals surface area contributed by atoms with E-state index in [0.29, 0.717) is 44.3 Å². The smallest absolute Gasteiger partial charge is 0.335 e. The molecule has 0 saturated carbocycles. The van der Waals surface area contributed by atoms with Crippen LogP contribution in [0.15, 0.2) is 54.6 Å². The van der Waals surface area contributed by atoms with Crippen molar-refractivity contribution >= 4 is 22.8 Å². The molecule has 7 rings (SSSR count). The summed E-state index contributed by atoms with van der Waals surface area (Å²) in [6, 6.07) is 17.0. The van der Waals surface area contributed by atoms with Crippen molar-refractivity contribution in [3.8, 4) is 11.9 Å². The van der Waals surface area contributed by atoms with Gasteiger partial charge in [-0.1, -0.05) is 12.1 Å². The standard InChI is InChI=1S/C32H31FN6O5/c33-24-12-20(14-34)4-5-22(24)17-44-31-3-1-2-29(36-31)38-10-9-37(27-18-42-19-28(27)38)16-30-35-25-7-6-21(32(40)41)13-26(25)39(30)15-23-8-11-43-23/h1-7,12-13,23,27-28H,8-11,15-19H2,(H,40,41)/t23-,27?,28?/m0/s1. The number of hydrogen-bond acceptors (Lipinski definition) is 9. The number of benzene rings is 2. The Morgan fingerprint density at radius 1 is 1.11 bits per heavy atom. The number of halogens is 1. The summed E-state index contributed by atoms with van der Waals surface area (Å²) in [5.41, 5.74) is 2.41. The molecule has 2 aromatic heterocycles. The second-order valence-corrected chi connectivity index (χ2v) is 11.3. The first kappa shape index (κ1) is 28.2. The molecule has 2 aromatic carbocycles. The molecule has 2 unspecified atom stereocenters. The van der Waals surface area contributed by atoms with Crippen LogP contribution in [0.25, 0.3) is 11.0 Å². The van der Waals surface area contributed by atoms with Gasteiger partial charge in [0.2, 0.25) is 5.88 Å². The summed E-state index contributed by atoms with van der Waals surface area (Å²) in [7, 11) is 0. The number of carboxylic acids is 1. The molecule has 11 nitrogen and oxygen atoms in total. The highest BCUT2D eigenvalue weighted by molar-refractivity contribution is 5.92. The van der Waals surface area contributed by atoms with Crippen molar-refractivity contribution in [2.45, 2.75) is 44.3 Å². The maximum atomic E-state index is 14.4. The van der Waals surface area contributed by atoms with Gasteiger partial charge >= 0.3 is 5.97 Å². The number of aromatic carboxylic acids is 1. The zero-order valence-electron chi connectivity index (χ0n) is 23.9. The van der Waals surface area contributed by atoms with Gasteiger partial charge in [-0.05, 0) is 42.8 Å². The minimum Gasteiger partial charge on any atom is -0.478 e. The van der Waals surface area contributed by atoms with Crippen molar-refractivity contribution in [2.24, 2.45) is 0 Å². The van der Waals surface area contributed by atoms with Gasteiger partial charge in [0.1, 0.15) is 24.1 Å². The lowest BCUT2D eigenvalue weighted by Gasteiger charge is -2.44. The third-order valence-corrected chi connectivity index (χ3v) is 8.68. The zero-order chi connectivity index (χ0) is 30.2. The lowest BCUT2D eigenvalue weighted by Crippen LogP contribution is -2.59. The predicted molar refractivity (Wildman–Crippen MR) is 157 cm³/mol. The maximum Gasteiger partial charge on any atom is 0.335 e. The van der Waals surface area contributed by atoms with Crippen LogP contribution in [0.3, 0.4) is 0 Å². The summed E-state index contributed by atoms with van der Waals surface area (Å²) >= 11 is 0. The number of hydrogen-bond donors (Lipinski definition) is 1. The van der Waals surface area contributed by atoms with Gasteiger partial charge in [-0.2, -0.15) is 10.2 Å². The van der Waals surface area contributed by atoms with Crippen LogP contribution in [0.2, 0.25) is 0 Å². The topological polar surface area (TPSA) is 126 Å². The number of imidazole rings is 1. The van der Waals surface area contributed by atoms with Crippen LogP contribution in [-0.2, 0) is 29.2 Å². The molecule has 0 radical (unpaired) electrons. The molecule has 0 aliphatic carbocycles. The Bertz CT molecular complexity index is 1750. The Kier molecular flexibility index (Phi) is 7.59. The number of aromatic nitrogens is 3. The van der Waals surface area contributed by atoms with Gasteiger partial charge in [-0.3, -0.25) is 4.90 Å². The first-order valence-corrected chi connectivity index (χ1v) is 14.7. The van der Waals surface area contributed by atoms with E-state index in [1.807, 2.05) is 18.2 Å². The minimum absolute atomic E-state index is 0.00219. The Morgan fingerprint density at radius 2 is 1.98 bits per heavy atom. The first-order chi connectivity index (χ1) is 21.5. The van der Waals surface area contributed by atoms with E-state index in [1.54, 1.807) is 36.4 Å². The molecule has 44 heavy (non-hydrogen) atoms. The van der Waals surface area contributed by atoms with Crippen molar-refractivity contribution in [2.75, 3.05) is 37.8 Å². The molecule has 1 N–H and O–H groups in total. The summed E-state index contributed by atoms with van der Waals surface area (Å²) < 4.78 is 34.0. The van der Waals surface area contributed by atoms with Gasteiger partial charge in [-0.25, -0.2) is 14.2 Å². The first-order valence-electron chi connectivity index (χ1n) is 14.7. The molecular weight excluding hydrogens is 567 g/mol. The lowest BCUT2D eigenvalue weighted by atomic mass is 10.0. The van der Waals surface area contributed by atoms with E-state index in [-0.39, 0.29) is 35.9 Å². The normalized spacial score (nSPS) is 21.5. The summed E-state index contributed by atoms with van der Waals surface area (Å²) in [5, 5.41) is 18.6. The van der Waals surface area contributed by atoms with Crippen LogP contribution in [0.5, 0.6) is 5.88 Å². The van der Waals surface area contributed by atoms with E-state index in [2.05, 4.69) is 14.4 Å². The number of nitriles is 1. The predicted octanol–water partition coefficient (Wildman–Crippen LogP) is 3.60. The van der Waals surface area contributed by atoms with E-state index < -0.39 is 11.8 Å². The molecule has 3 fully saturated rings. The zero-order valence-corrected chi connectivity index (χ0v) is 23.9. The van der Waals surface area contributed by atoms with Crippen LogP contribution < -0.4 is 9.64 Å². The Labute approximate surface area is 253 Å². The van der Waals surface area contributed by atoms with E-state index in [0.717, 1.165) is 42.2 Å². The fourth-order valence-electron chi connectivity index (χ4n) is 6.20. The molecule has 0 amide bonds. The van der Waals surface area contributed by atoms with Crippen LogP contribution in [0, 0.1) is 17.1 Å². The third-order valence-electron chi connectivity index (χ3n) is 8.68. The van der Waals surface area contributed by atoms with E-state index in [1.165, 1.54) is 6.07 Å². The number of carbonyl (C=O) groups is 1. The lowest BCUT2D eigenvalue weighted by molar-refractivity contribution is -0.0592. The molecule has 4 aromatic rings. The number of anilines is 1. The quantitative estimate of drug-likeness (QED) is 0.306. The number of fused-ring (bicyclic) bond motifs is 2. The average molecular weight is 599 g/mol. The van der Waals surface area contributed by atoms with E-state index in [9.17, 15) is 14.3 Å². The fraction of sp³-hybridized carbons (Fsp3) is 0.375. The van der Waals surface area contributed by atoms with Gasteiger partial charge < -0.3 is 28.8 Å². The highest BCUT2D eigenvalue weighted by atomic mass is 19.1. The Hall–Kier alpha value is -4.57. The number of pyridine rings is 1. The number of ether oxygens (including phenoxy) is 3. The van der Waals surface area contributed by atoms with Crippen LogP contribution in [0.4, 0.5) is 10.2 Å². The monoisotopic (exact) mass is 598 g/mol. The minimum atomic E-state index is -0.965. The molecule has 12 heteroatoms. The molecule has 226 valence electrons. The number of piperazine rings is 1. The number of carboxylic acid groups (broad SMARTS) is 1. The Morgan fingerprint density at radius 3 is 2.75 bits per heavy atom. The van der Waals surface area contributed by atoms with Gasteiger partial charge in [0.15, 0.2) is 0 Å². The van der Waals surface area contributed by atoms with Crippen molar-refractivity contribution in [1.82, 2.24) is 19.4 Å². The summed E-state index contributed by atoms with van der Waals surface area (Å²) in [6.45, 7) is 4.54. The molecule has 3 saturated heterocycles. The maximum absolute atomic E-state index is 14.4. The average Bonchev–Trinajstić information content (AvgIpc) is 3.63. The van der Waals surface area contributed by atoms with Gasteiger partial charge in [0.05, 0.1) is 72.7 Å². The molecule has 3 aliphatic heterocycles. The summed E-state index contributed by atoms with van der Waals surface area (Å²) in [6.07, 6.45) is 1.06. The highest BCUT2D eigenvalue weighted by Gasteiger charge is 2.42. The van der Waals surface area contributed by atoms with Gasteiger partial charge in [-0.15, -0.1) is 0 Å². The molecule has 3 atom stereocenters. The van der Waals surface area contributed by atoms with Crippen molar-refractivity contribution in [1.29, 1.82) is 5.26 Å². The van der Waals surface area contributed by atoms with Gasteiger partial charge in [0, 0.05) is 31.3 Å². The van der Waals surface area contributed by atoms with Crippen molar-refractivity contribution in [3.05, 3.63) is 82.9 Å². The second-order valence-electron chi connectivity index (χ2n) is 11.3. The molecule has 0 bridgehead atoms.